The van der Waals surface area contributed by atoms with E-state index in [0.717, 1.165) is 55.4 Å². The second-order valence-electron chi connectivity index (χ2n) is 11.8. The highest BCUT2D eigenvalue weighted by atomic mass is 16.1. The van der Waals surface area contributed by atoms with Crippen molar-refractivity contribution in [2.75, 3.05) is 30.9 Å². The SMILES string of the molecule is CN(C)c1nc(N[C@H]2CC[C@@H](CNC(=O)CCCCCCCCCCc3ccccc3)CC2)nc2ccccc12. The third kappa shape index (κ3) is 9.79. The van der Waals surface area contributed by atoms with Crippen LogP contribution in [0.4, 0.5) is 11.8 Å². The van der Waals surface area contributed by atoms with Gasteiger partial charge in [-0.05, 0) is 68.6 Å². The Labute approximate surface area is 241 Å². The predicted octanol–water partition coefficient (Wildman–Crippen LogP) is 7.54. The molecule has 0 saturated heterocycles. The summed E-state index contributed by atoms with van der Waals surface area (Å²) >= 11 is 0. The quantitative estimate of drug-likeness (QED) is 0.183. The van der Waals surface area contributed by atoms with E-state index in [1.165, 1.54) is 56.9 Å². The Bertz CT molecular complexity index is 1160. The van der Waals surface area contributed by atoms with Crippen molar-refractivity contribution in [2.24, 2.45) is 5.92 Å². The summed E-state index contributed by atoms with van der Waals surface area (Å²) < 4.78 is 0. The first-order valence-electron chi connectivity index (χ1n) is 15.6. The molecule has 3 aromatic rings. The number of carbonyl (C=O) groups excluding carboxylic acids is 1. The first-order chi connectivity index (χ1) is 19.6. The zero-order valence-electron chi connectivity index (χ0n) is 24.7. The van der Waals surface area contributed by atoms with Crippen LogP contribution in [0.2, 0.25) is 0 Å². The number of nitrogens with zero attached hydrogens (tertiary/aromatic N) is 3. The van der Waals surface area contributed by atoms with E-state index in [1.54, 1.807) is 0 Å². The Morgan fingerprint density at radius 1 is 0.800 bits per heavy atom. The molecule has 0 spiro atoms. The summed E-state index contributed by atoms with van der Waals surface area (Å²) in [6.07, 6.45) is 16.3. The second-order valence-corrected chi connectivity index (χ2v) is 11.8. The zero-order valence-corrected chi connectivity index (χ0v) is 24.7. The highest BCUT2D eigenvalue weighted by Gasteiger charge is 2.22. The number of nitrogens with one attached hydrogen (secondary N) is 2. The molecule has 0 bridgehead atoms. The molecule has 2 aromatic carbocycles. The monoisotopic (exact) mass is 543 g/mol. The molecule has 216 valence electrons. The van der Waals surface area contributed by atoms with Gasteiger partial charge in [-0.2, -0.15) is 4.98 Å². The number of para-hydroxylation sites is 1. The van der Waals surface area contributed by atoms with Gasteiger partial charge in [0.1, 0.15) is 5.82 Å². The highest BCUT2D eigenvalue weighted by molar-refractivity contribution is 5.90. The smallest absolute Gasteiger partial charge is 0.225 e. The maximum Gasteiger partial charge on any atom is 0.225 e. The van der Waals surface area contributed by atoms with Gasteiger partial charge >= 0.3 is 0 Å². The van der Waals surface area contributed by atoms with Gasteiger partial charge in [0.15, 0.2) is 0 Å². The van der Waals surface area contributed by atoms with Crippen LogP contribution in [0.3, 0.4) is 0 Å². The minimum atomic E-state index is 0.224. The van der Waals surface area contributed by atoms with Gasteiger partial charge in [0.2, 0.25) is 11.9 Å². The lowest BCUT2D eigenvalue weighted by Crippen LogP contribution is -2.34. The van der Waals surface area contributed by atoms with Crippen LogP contribution in [-0.4, -0.2) is 42.6 Å². The first-order valence-corrected chi connectivity index (χ1v) is 15.6. The van der Waals surface area contributed by atoms with Gasteiger partial charge in [-0.3, -0.25) is 4.79 Å². The first kappa shape index (κ1) is 29.8. The summed E-state index contributed by atoms with van der Waals surface area (Å²) in [6, 6.07) is 19.3. The van der Waals surface area contributed by atoms with E-state index in [4.69, 9.17) is 9.97 Å². The van der Waals surface area contributed by atoms with Crippen LogP contribution in [0.5, 0.6) is 0 Å². The van der Waals surface area contributed by atoms with Crippen LogP contribution >= 0.6 is 0 Å². The molecule has 0 radical (unpaired) electrons. The molecular formula is C34H49N5O. The van der Waals surface area contributed by atoms with Crippen LogP contribution in [0.1, 0.15) is 89.0 Å². The largest absolute Gasteiger partial charge is 0.362 e. The van der Waals surface area contributed by atoms with Crippen LogP contribution in [0.15, 0.2) is 54.6 Å². The van der Waals surface area contributed by atoms with E-state index in [0.29, 0.717) is 24.3 Å². The minimum Gasteiger partial charge on any atom is -0.362 e. The van der Waals surface area contributed by atoms with E-state index in [2.05, 4.69) is 47.0 Å². The number of unbranched alkanes of at least 4 members (excludes halogenated alkanes) is 7. The van der Waals surface area contributed by atoms with Crippen molar-refractivity contribution >= 4 is 28.6 Å². The van der Waals surface area contributed by atoms with Crippen molar-refractivity contribution in [3.8, 4) is 0 Å². The Balaban J connectivity index is 1.02. The minimum absolute atomic E-state index is 0.224. The molecule has 1 aliphatic carbocycles. The lowest BCUT2D eigenvalue weighted by Gasteiger charge is -2.29. The molecule has 0 atom stereocenters. The van der Waals surface area contributed by atoms with Gasteiger partial charge in [0.25, 0.3) is 0 Å². The summed E-state index contributed by atoms with van der Waals surface area (Å²) in [5.41, 5.74) is 2.42. The fourth-order valence-electron chi connectivity index (χ4n) is 5.83. The predicted molar refractivity (Wildman–Crippen MR) is 168 cm³/mol. The summed E-state index contributed by atoms with van der Waals surface area (Å²) in [7, 11) is 4.04. The summed E-state index contributed by atoms with van der Waals surface area (Å²) in [5.74, 6) is 2.45. The van der Waals surface area contributed by atoms with Crippen LogP contribution < -0.4 is 15.5 Å². The number of hydrogen-bond donors (Lipinski definition) is 2. The van der Waals surface area contributed by atoms with E-state index in [-0.39, 0.29) is 5.91 Å². The molecule has 0 aliphatic heterocycles. The van der Waals surface area contributed by atoms with Gasteiger partial charge in [0, 0.05) is 38.5 Å². The fraction of sp³-hybridized carbons (Fsp3) is 0.559. The molecule has 1 amide bonds. The molecule has 40 heavy (non-hydrogen) atoms. The molecule has 1 aliphatic rings. The summed E-state index contributed by atoms with van der Waals surface area (Å²) in [6.45, 7) is 0.811. The molecule has 0 unspecified atom stereocenters. The molecule has 4 rings (SSSR count). The maximum atomic E-state index is 12.4. The van der Waals surface area contributed by atoms with E-state index in [1.807, 2.05) is 37.2 Å². The number of hydrogen-bond acceptors (Lipinski definition) is 5. The summed E-state index contributed by atoms with van der Waals surface area (Å²) in [4.78, 5) is 24.0. The molecule has 1 saturated carbocycles. The molecule has 2 N–H and O–H groups in total. The van der Waals surface area contributed by atoms with Crippen molar-refractivity contribution in [3.63, 3.8) is 0 Å². The number of fused-ring (bicyclic) bond motifs is 1. The number of carbonyl (C=O) groups is 1. The normalized spacial score (nSPS) is 17.1. The number of rotatable bonds is 16. The van der Waals surface area contributed by atoms with Gasteiger partial charge in [-0.15, -0.1) is 0 Å². The Kier molecular flexibility index (Phi) is 12.1. The van der Waals surface area contributed by atoms with Crippen molar-refractivity contribution in [2.45, 2.75) is 95.9 Å². The van der Waals surface area contributed by atoms with Crippen molar-refractivity contribution in [1.29, 1.82) is 0 Å². The zero-order chi connectivity index (χ0) is 28.0. The van der Waals surface area contributed by atoms with Crippen LogP contribution in [0.25, 0.3) is 10.9 Å². The number of amides is 1. The van der Waals surface area contributed by atoms with E-state index >= 15 is 0 Å². The standard InChI is InChI=1S/C34H49N5O/c1-39(2)33-30-19-14-15-20-31(30)37-34(38-33)36-29-24-22-28(23-25-29)26-35-32(40)21-13-8-6-4-3-5-7-10-16-27-17-11-9-12-18-27/h9,11-12,14-15,17-20,28-29H,3-8,10,13,16,21-26H2,1-2H3,(H,35,40)(H,36,37,38)/t28-,29+. The molecule has 1 aromatic heterocycles. The van der Waals surface area contributed by atoms with Crippen molar-refractivity contribution in [3.05, 3.63) is 60.2 Å². The topological polar surface area (TPSA) is 70.2 Å². The lowest BCUT2D eigenvalue weighted by molar-refractivity contribution is -0.121. The second kappa shape index (κ2) is 16.2. The highest BCUT2D eigenvalue weighted by Crippen LogP contribution is 2.28. The van der Waals surface area contributed by atoms with Gasteiger partial charge in [0.05, 0.1) is 5.52 Å². The van der Waals surface area contributed by atoms with E-state index < -0.39 is 0 Å². The fourth-order valence-corrected chi connectivity index (χ4v) is 5.83. The number of benzene rings is 2. The lowest BCUT2D eigenvalue weighted by atomic mass is 9.86. The third-order valence-corrected chi connectivity index (χ3v) is 8.24. The van der Waals surface area contributed by atoms with Crippen molar-refractivity contribution < 1.29 is 4.79 Å². The maximum absolute atomic E-state index is 12.4. The van der Waals surface area contributed by atoms with Crippen molar-refractivity contribution in [1.82, 2.24) is 15.3 Å². The van der Waals surface area contributed by atoms with Gasteiger partial charge < -0.3 is 15.5 Å². The number of aryl methyl sites for hydroxylation is 1. The molecule has 6 heteroatoms. The van der Waals surface area contributed by atoms with E-state index in [9.17, 15) is 4.79 Å². The molecular weight excluding hydrogens is 494 g/mol. The average molecular weight is 544 g/mol. The number of aromatic nitrogens is 2. The number of anilines is 2. The van der Waals surface area contributed by atoms with Gasteiger partial charge in [-0.1, -0.05) is 81.0 Å². The average Bonchev–Trinajstić information content (AvgIpc) is 2.98. The Morgan fingerprint density at radius 2 is 1.45 bits per heavy atom. The molecule has 6 nitrogen and oxygen atoms in total. The molecule has 1 fully saturated rings. The summed E-state index contributed by atoms with van der Waals surface area (Å²) in [5, 5.41) is 7.86. The van der Waals surface area contributed by atoms with Gasteiger partial charge in [-0.25, -0.2) is 4.98 Å². The molecule has 1 heterocycles. The Morgan fingerprint density at radius 3 is 2.17 bits per heavy atom. The Hall–Kier alpha value is -3.15. The van der Waals surface area contributed by atoms with Crippen LogP contribution in [0, 0.1) is 5.92 Å². The third-order valence-electron chi connectivity index (χ3n) is 8.24. The van der Waals surface area contributed by atoms with Crippen LogP contribution in [-0.2, 0) is 11.2 Å².